The van der Waals surface area contributed by atoms with Crippen molar-refractivity contribution in [3.8, 4) is 11.1 Å². The molecule has 1 heteroatoms. The molecule has 0 fully saturated rings. The van der Waals surface area contributed by atoms with E-state index in [1.165, 1.54) is 55.9 Å². The predicted octanol–water partition coefficient (Wildman–Crippen LogP) is 13.7. The fourth-order valence-corrected chi connectivity index (χ4v) is 9.42. The Morgan fingerprint density at radius 3 is 1.85 bits per heavy atom. The van der Waals surface area contributed by atoms with Gasteiger partial charge in [-0.25, -0.2) is 0 Å². The molecule has 52 heavy (non-hydrogen) atoms. The van der Waals surface area contributed by atoms with E-state index >= 15 is 0 Å². The van der Waals surface area contributed by atoms with E-state index in [-0.39, 0.29) is 16.4 Å². The van der Waals surface area contributed by atoms with Crippen LogP contribution in [0, 0.1) is 5.92 Å². The van der Waals surface area contributed by atoms with Crippen LogP contribution >= 0.6 is 0 Å². The maximum atomic E-state index is 2.62. The first kappa shape index (κ1) is 35.8. The number of hydrogen-bond acceptors (Lipinski definition) is 1. The van der Waals surface area contributed by atoms with Gasteiger partial charge in [0.1, 0.15) is 0 Å². The van der Waals surface area contributed by atoms with Crippen LogP contribution in [0.4, 0.5) is 5.69 Å². The highest BCUT2D eigenvalue weighted by molar-refractivity contribution is 5.82. The van der Waals surface area contributed by atoms with Crippen LogP contribution in [0.3, 0.4) is 0 Å². The van der Waals surface area contributed by atoms with Crippen molar-refractivity contribution >= 4 is 5.69 Å². The Morgan fingerprint density at radius 2 is 1.27 bits per heavy atom. The average molecular weight is 684 g/mol. The fraction of sp³-hybridized carbons (Fsp3) is 0.333. The minimum Gasteiger partial charge on any atom is -0.335 e. The van der Waals surface area contributed by atoms with E-state index in [2.05, 4.69) is 199 Å². The van der Waals surface area contributed by atoms with Crippen LogP contribution in [-0.4, -0.2) is 0 Å². The van der Waals surface area contributed by atoms with Crippen molar-refractivity contribution in [3.63, 3.8) is 0 Å². The van der Waals surface area contributed by atoms with E-state index in [0.29, 0.717) is 11.8 Å². The number of anilines is 1. The third kappa shape index (κ3) is 6.27. The molecule has 2 aliphatic carbocycles. The van der Waals surface area contributed by atoms with E-state index < -0.39 is 0 Å². The van der Waals surface area contributed by atoms with Gasteiger partial charge in [0, 0.05) is 16.8 Å². The topological polar surface area (TPSA) is 3.24 Å². The smallest absolute Gasteiger partial charge is 0.0668 e. The van der Waals surface area contributed by atoms with Crippen molar-refractivity contribution < 1.29 is 0 Å². The molecular weight excluding hydrogens is 627 g/mol. The summed E-state index contributed by atoms with van der Waals surface area (Å²) in [5, 5.41) is 0. The molecular formula is C51H57N. The highest BCUT2D eigenvalue weighted by Crippen LogP contribution is 2.53. The third-order valence-corrected chi connectivity index (χ3v) is 13.3. The van der Waals surface area contributed by atoms with Gasteiger partial charge in [-0.2, -0.15) is 0 Å². The standard InChI is InChI=1S/C51H57N/c1-8-50(6,37(3)46(39-24-16-11-17-25-39)34-38-22-14-10-15-23-38)40-30-32-44-45-33-31-41(36-48(45)49(4,5)47(44)35-40)51(7,9-2)52(42-26-18-12-19-27-42)43-28-20-13-21-29-43/h10-20,22-28,30-33,35-37,46H,8-9,21,29,34H2,1-7H3. The third-order valence-electron chi connectivity index (χ3n) is 13.3. The summed E-state index contributed by atoms with van der Waals surface area (Å²) in [6.45, 7) is 17.1. The summed E-state index contributed by atoms with van der Waals surface area (Å²) in [6, 6.07) is 48.2. The molecule has 0 saturated heterocycles. The molecule has 0 heterocycles. The van der Waals surface area contributed by atoms with Gasteiger partial charge >= 0.3 is 0 Å². The summed E-state index contributed by atoms with van der Waals surface area (Å²) in [5.74, 6) is 0.832. The van der Waals surface area contributed by atoms with E-state index in [1.54, 1.807) is 0 Å². The lowest BCUT2D eigenvalue weighted by molar-refractivity contribution is 0.255. The Bertz CT molecular complexity index is 2050. The highest BCUT2D eigenvalue weighted by Gasteiger charge is 2.42. The highest BCUT2D eigenvalue weighted by atomic mass is 15.2. The van der Waals surface area contributed by atoms with Crippen molar-refractivity contribution in [2.75, 3.05) is 4.90 Å². The van der Waals surface area contributed by atoms with Gasteiger partial charge in [0.15, 0.2) is 0 Å². The zero-order chi connectivity index (χ0) is 36.5. The molecule has 7 rings (SSSR count). The number of para-hydroxylation sites is 1. The molecule has 1 nitrogen and oxygen atoms in total. The van der Waals surface area contributed by atoms with Gasteiger partial charge in [-0.15, -0.1) is 0 Å². The van der Waals surface area contributed by atoms with Crippen molar-refractivity contribution in [1.29, 1.82) is 0 Å². The molecule has 0 bridgehead atoms. The van der Waals surface area contributed by atoms with Crippen LogP contribution in [0.1, 0.15) is 113 Å². The van der Waals surface area contributed by atoms with Crippen LogP contribution in [-0.2, 0) is 22.8 Å². The first-order valence-corrected chi connectivity index (χ1v) is 19.7. The largest absolute Gasteiger partial charge is 0.335 e. The van der Waals surface area contributed by atoms with Gasteiger partial charge in [-0.05, 0) is 119 Å². The van der Waals surface area contributed by atoms with Gasteiger partial charge in [-0.3, -0.25) is 0 Å². The minimum atomic E-state index is -0.204. The zero-order valence-electron chi connectivity index (χ0n) is 32.5. The lowest BCUT2D eigenvalue weighted by atomic mass is 9.63. The van der Waals surface area contributed by atoms with Crippen molar-refractivity contribution in [2.24, 2.45) is 5.92 Å². The van der Waals surface area contributed by atoms with Crippen LogP contribution < -0.4 is 4.90 Å². The second-order valence-corrected chi connectivity index (χ2v) is 16.3. The maximum absolute atomic E-state index is 2.62. The zero-order valence-corrected chi connectivity index (χ0v) is 32.5. The van der Waals surface area contributed by atoms with E-state index in [4.69, 9.17) is 0 Å². The SMILES string of the molecule is CCC(C)(c1ccc2c(c1)C(C)(C)c1cc(C(C)(CC)N(C3=CC=CCC3)c3ccccc3)ccc1-2)C(C)C(Cc1ccccc1)c1ccccc1. The molecule has 4 unspecified atom stereocenters. The lowest BCUT2D eigenvalue weighted by Crippen LogP contribution is -2.43. The van der Waals surface area contributed by atoms with E-state index in [1.807, 2.05) is 0 Å². The van der Waals surface area contributed by atoms with Gasteiger partial charge in [0.2, 0.25) is 0 Å². The molecule has 0 saturated carbocycles. The number of rotatable bonds is 12. The molecule has 2 aliphatic rings. The minimum absolute atomic E-state index is 0.000528. The number of fused-ring (bicyclic) bond motifs is 3. The van der Waals surface area contributed by atoms with Crippen LogP contribution in [0.25, 0.3) is 11.1 Å². The van der Waals surface area contributed by atoms with Crippen molar-refractivity contribution in [3.05, 3.63) is 185 Å². The molecule has 0 aromatic heterocycles. The molecule has 0 radical (unpaired) electrons. The first-order valence-electron chi connectivity index (χ1n) is 19.7. The quantitative estimate of drug-likeness (QED) is 0.126. The molecule has 0 amide bonds. The Hall–Kier alpha value is -4.62. The van der Waals surface area contributed by atoms with Crippen molar-refractivity contribution in [2.45, 2.75) is 103 Å². The molecule has 0 aliphatic heterocycles. The van der Waals surface area contributed by atoms with Crippen LogP contribution in [0.15, 0.2) is 151 Å². The van der Waals surface area contributed by atoms with Gasteiger partial charge in [0.25, 0.3) is 0 Å². The lowest BCUT2D eigenvalue weighted by Gasteiger charge is -2.45. The molecule has 5 aromatic rings. The summed E-state index contributed by atoms with van der Waals surface area (Å²) in [5.41, 5.74) is 13.7. The van der Waals surface area contributed by atoms with Crippen molar-refractivity contribution in [1.82, 2.24) is 0 Å². The van der Waals surface area contributed by atoms with Gasteiger partial charge < -0.3 is 4.90 Å². The molecule has 4 atom stereocenters. The predicted molar refractivity (Wildman–Crippen MR) is 223 cm³/mol. The fourth-order valence-electron chi connectivity index (χ4n) is 9.42. The molecule has 0 spiro atoms. The number of benzene rings is 5. The Kier molecular flexibility index (Phi) is 9.92. The first-order chi connectivity index (χ1) is 25.1. The number of allylic oxidation sites excluding steroid dienone is 4. The monoisotopic (exact) mass is 683 g/mol. The van der Waals surface area contributed by atoms with Crippen LogP contribution in [0.5, 0.6) is 0 Å². The second-order valence-electron chi connectivity index (χ2n) is 16.3. The van der Waals surface area contributed by atoms with Crippen LogP contribution in [0.2, 0.25) is 0 Å². The summed E-state index contributed by atoms with van der Waals surface area (Å²) in [6.07, 6.45) is 12.1. The summed E-state index contributed by atoms with van der Waals surface area (Å²) < 4.78 is 0. The van der Waals surface area contributed by atoms with E-state index in [0.717, 1.165) is 32.1 Å². The van der Waals surface area contributed by atoms with E-state index in [9.17, 15) is 0 Å². The molecule has 5 aromatic carbocycles. The number of hydrogen-bond donors (Lipinski definition) is 0. The molecule has 0 N–H and O–H groups in total. The Morgan fingerprint density at radius 1 is 0.692 bits per heavy atom. The Balaban J connectivity index is 1.27. The molecule has 266 valence electrons. The summed E-state index contributed by atoms with van der Waals surface area (Å²) in [7, 11) is 0. The normalized spacial score (nSPS) is 17.9. The number of nitrogens with zero attached hydrogens (tertiary/aromatic N) is 1. The van der Waals surface area contributed by atoms with Gasteiger partial charge in [-0.1, -0.05) is 169 Å². The second kappa shape index (κ2) is 14.4. The summed E-state index contributed by atoms with van der Waals surface area (Å²) in [4.78, 5) is 2.62. The maximum Gasteiger partial charge on any atom is 0.0668 e. The Labute approximate surface area is 314 Å². The van der Waals surface area contributed by atoms with Gasteiger partial charge in [0.05, 0.1) is 5.54 Å². The summed E-state index contributed by atoms with van der Waals surface area (Å²) >= 11 is 0. The average Bonchev–Trinajstić information content (AvgIpc) is 3.42.